The first-order chi connectivity index (χ1) is 9.19. The molecule has 0 spiro atoms. The van der Waals surface area contributed by atoms with Crippen LogP contribution >= 0.6 is 12.2 Å². The van der Waals surface area contributed by atoms with Crippen LogP contribution in [0.4, 0.5) is 5.69 Å². The zero-order chi connectivity index (χ0) is 13.7. The highest BCUT2D eigenvalue weighted by atomic mass is 32.1. The van der Waals surface area contributed by atoms with Gasteiger partial charge in [-0.2, -0.15) is 5.10 Å². The van der Waals surface area contributed by atoms with Crippen molar-refractivity contribution >= 4 is 23.0 Å². The molecule has 2 aromatic rings. The van der Waals surface area contributed by atoms with Gasteiger partial charge >= 0.3 is 0 Å². The van der Waals surface area contributed by atoms with Gasteiger partial charge in [0, 0.05) is 18.9 Å². The number of aromatic nitrogens is 2. The second-order valence-corrected chi connectivity index (χ2v) is 4.71. The highest BCUT2D eigenvalue weighted by molar-refractivity contribution is 7.80. The summed E-state index contributed by atoms with van der Waals surface area (Å²) in [7, 11) is 1.91. The van der Waals surface area contributed by atoms with Gasteiger partial charge in [-0.3, -0.25) is 4.68 Å². The molecule has 4 nitrogen and oxygen atoms in total. The molecule has 0 bridgehead atoms. The van der Waals surface area contributed by atoms with E-state index in [0.29, 0.717) is 11.7 Å². The molecule has 1 aromatic heterocycles. The van der Waals surface area contributed by atoms with E-state index in [9.17, 15) is 0 Å². The first-order valence-corrected chi connectivity index (χ1v) is 6.70. The van der Waals surface area contributed by atoms with Gasteiger partial charge < -0.3 is 10.6 Å². The Morgan fingerprint density at radius 2 is 2.00 bits per heavy atom. The monoisotopic (exact) mass is 274 g/mol. The van der Waals surface area contributed by atoms with Crippen molar-refractivity contribution in [2.24, 2.45) is 7.05 Å². The molecular weight excluding hydrogens is 256 g/mol. The van der Waals surface area contributed by atoms with E-state index < -0.39 is 0 Å². The molecule has 0 aliphatic carbocycles. The fourth-order valence-corrected chi connectivity index (χ4v) is 1.93. The van der Waals surface area contributed by atoms with E-state index in [2.05, 4.69) is 34.8 Å². The number of benzene rings is 1. The summed E-state index contributed by atoms with van der Waals surface area (Å²) in [6.45, 7) is 2.80. The maximum absolute atomic E-state index is 5.26. The van der Waals surface area contributed by atoms with Gasteiger partial charge in [-0.1, -0.05) is 19.1 Å². The van der Waals surface area contributed by atoms with Gasteiger partial charge in [0.15, 0.2) is 5.11 Å². The quantitative estimate of drug-likeness (QED) is 0.841. The summed E-state index contributed by atoms with van der Waals surface area (Å²) in [5.74, 6) is 0. The number of hydrogen-bond donors (Lipinski definition) is 2. The second-order valence-electron chi connectivity index (χ2n) is 4.30. The highest BCUT2D eigenvalue weighted by Gasteiger charge is 2.01. The molecule has 2 rings (SSSR count). The molecule has 0 fully saturated rings. The van der Waals surface area contributed by atoms with Crippen LogP contribution in [0.3, 0.4) is 0 Å². The normalized spacial score (nSPS) is 10.2. The van der Waals surface area contributed by atoms with Crippen molar-refractivity contribution in [1.82, 2.24) is 15.1 Å². The van der Waals surface area contributed by atoms with E-state index in [0.717, 1.165) is 17.8 Å². The van der Waals surface area contributed by atoms with Gasteiger partial charge in [-0.25, -0.2) is 0 Å². The second kappa shape index (κ2) is 6.33. The Labute approximate surface area is 118 Å². The van der Waals surface area contributed by atoms with Crippen molar-refractivity contribution in [2.45, 2.75) is 19.9 Å². The van der Waals surface area contributed by atoms with Crippen LogP contribution in [0, 0.1) is 0 Å². The maximum atomic E-state index is 5.26. The zero-order valence-corrected chi connectivity index (χ0v) is 12.0. The van der Waals surface area contributed by atoms with Gasteiger partial charge in [0.25, 0.3) is 0 Å². The molecule has 0 aliphatic rings. The predicted molar refractivity (Wildman–Crippen MR) is 82.1 cm³/mol. The Bertz CT molecular complexity index is 545. The van der Waals surface area contributed by atoms with Crippen LogP contribution in [0.25, 0.3) is 0 Å². The SMILES string of the molecule is CCc1ccc(NC(=S)NCc2ccnn2C)cc1. The van der Waals surface area contributed by atoms with E-state index in [1.165, 1.54) is 5.56 Å². The van der Waals surface area contributed by atoms with Gasteiger partial charge in [0.1, 0.15) is 0 Å². The van der Waals surface area contributed by atoms with Crippen LogP contribution in [-0.2, 0) is 20.0 Å². The lowest BCUT2D eigenvalue weighted by Crippen LogP contribution is -2.28. The van der Waals surface area contributed by atoms with Crippen LogP contribution in [0.15, 0.2) is 36.5 Å². The largest absolute Gasteiger partial charge is 0.357 e. The molecule has 19 heavy (non-hydrogen) atoms. The van der Waals surface area contributed by atoms with Gasteiger partial charge in [-0.05, 0) is 42.4 Å². The van der Waals surface area contributed by atoms with Crippen LogP contribution in [-0.4, -0.2) is 14.9 Å². The van der Waals surface area contributed by atoms with Crippen LogP contribution in [0.5, 0.6) is 0 Å². The van der Waals surface area contributed by atoms with Crippen molar-refractivity contribution in [3.8, 4) is 0 Å². The minimum atomic E-state index is 0.616. The van der Waals surface area contributed by atoms with E-state index >= 15 is 0 Å². The number of rotatable bonds is 4. The molecular formula is C14H18N4S. The molecule has 100 valence electrons. The highest BCUT2D eigenvalue weighted by Crippen LogP contribution is 2.09. The molecule has 0 amide bonds. The lowest BCUT2D eigenvalue weighted by atomic mass is 10.1. The van der Waals surface area contributed by atoms with E-state index in [1.54, 1.807) is 6.20 Å². The van der Waals surface area contributed by atoms with Crippen LogP contribution in [0.2, 0.25) is 0 Å². The number of nitrogens with one attached hydrogen (secondary N) is 2. The molecule has 0 aliphatic heterocycles. The molecule has 1 heterocycles. The summed E-state index contributed by atoms with van der Waals surface area (Å²) in [6, 6.07) is 10.2. The molecule has 0 saturated carbocycles. The fraction of sp³-hybridized carbons (Fsp3) is 0.286. The molecule has 0 saturated heterocycles. The Morgan fingerprint density at radius 3 is 2.58 bits per heavy atom. The minimum absolute atomic E-state index is 0.616. The van der Waals surface area contributed by atoms with Crippen molar-refractivity contribution in [2.75, 3.05) is 5.32 Å². The van der Waals surface area contributed by atoms with E-state index in [4.69, 9.17) is 12.2 Å². The molecule has 0 unspecified atom stereocenters. The van der Waals surface area contributed by atoms with Gasteiger partial charge in [-0.15, -0.1) is 0 Å². The predicted octanol–water partition coefficient (Wildman–Crippen LogP) is 2.47. The Morgan fingerprint density at radius 1 is 1.26 bits per heavy atom. The molecule has 2 N–H and O–H groups in total. The minimum Gasteiger partial charge on any atom is -0.357 e. The number of nitrogens with zero attached hydrogens (tertiary/aromatic N) is 2. The first kappa shape index (κ1) is 13.5. The average molecular weight is 274 g/mol. The first-order valence-electron chi connectivity index (χ1n) is 6.29. The van der Waals surface area contributed by atoms with Gasteiger partial charge in [0.2, 0.25) is 0 Å². The maximum Gasteiger partial charge on any atom is 0.171 e. The summed E-state index contributed by atoms with van der Waals surface area (Å²) in [5, 5.41) is 11.1. The summed E-state index contributed by atoms with van der Waals surface area (Å²) >= 11 is 5.26. The Kier molecular flexibility index (Phi) is 4.52. The van der Waals surface area contributed by atoms with E-state index in [1.807, 2.05) is 29.9 Å². The lowest BCUT2D eigenvalue weighted by Gasteiger charge is -2.11. The van der Waals surface area contributed by atoms with Gasteiger partial charge in [0.05, 0.1) is 12.2 Å². The molecule has 1 aromatic carbocycles. The van der Waals surface area contributed by atoms with Crippen LogP contribution in [0.1, 0.15) is 18.2 Å². The third-order valence-corrected chi connectivity index (χ3v) is 3.22. The van der Waals surface area contributed by atoms with E-state index in [-0.39, 0.29) is 0 Å². The number of hydrogen-bond acceptors (Lipinski definition) is 2. The third kappa shape index (κ3) is 3.79. The Hall–Kier alpha value is -1.88. The van der Waals surface area contributed by atoms with Crippen molar-refractivity contribution in [3.05, 3.63) is 47.8 Å². The topological polar surface area (TPSA) is 41.9 Å². The third-order valence-electron chi connectivity index (χ3n) is 2.97. The molecule has 0 atom stereocenters. The summed E-state index contributed by atoms with van der Waals surface area (Å²) in [5.41, 5.74) is 3.41. The van der Waals surface area contributed by atoms with Crippen LogP contribution < -0.4 is 10.6 Å². The number of anilines is 1. The Balaban J connectivity index is 1.85. The standard InChI is InChI=1S/C14H18N4S/c1-3-11-4-6-12(7-5-11)17-14(19)15-10-13-8-9-16-18(13)2/h4-9H,3,10H2,1-2H3,(H2,15,17,19). The van der Waals surface area contributed by atoms with Crippen molar-refractivity contribution < 1.29 is 0 Å². The molecule has 5 heteroatoms. The molecule has 0 radical (unpaired) electrons. The fourth-order valence-electron chi connectivity index (χ4n) is 1.74. The summed E-state index contributed by atoms with van der Waals surface area (Å²) < 4.78 is 1.83. The number of thiocarbonyl (C=S) groups is 1. The number of aryl methyl sites for hydroxylation is 2. The summed E-state index contributed by atoms with van der Waals surface area (Å²) in [4.78, 5) is 0. The average Bonchev–Trinajstić information content (AvgIpc) is 2.83. The van der Waals surface area contributed by atoms with Crippen molar-refractivity contribution in [3.63, 3.8) is 0 Å². The lowest BCUT2D eigenvalue weighted by molar-refractivity contribution is 0.695. The summed E-state index contributed by atoms with van der Waals surface area (Å²) in [6.07, 6.45) is 2.82. The zero-order valence-electron chi connectivity index (χ0n) is 11.2. The smallest absolute Gasteiger partial charge is 0.171 e. The van der Waals surface area contributed by atoms with Crippen molar-refractivity contribution in [1.29, 1.82) is 0 Å².